The number of hydrogen-bond donors (Lipinski definition) is 2. The molecule has 0 spiro atoms. The fourth-order valence-electron chi connectivity index (χ4n) is 1.44. The number of rotatable bonds is 7. The van der Waals surface area contributed by atoms with Gasteiger partial charge in [0.2, 0.25) is 5.91 Å². The third-order valence-corrected chi connectivity index (χ3v) is 3.38. The molecule has 0 saturated carbocycles. The number of ether oxygens (including phenoxy) is 1. The van der Waals surface area contributed by atoms with Crippen LogP contribution in [0.2, 0.25) is 0 Å². The summed E-state index contributed by atoms with van der Waals surface area (Å²) < 4.78 is 4.82. The standard InChI is InChI=1S/C15H18N2O4S/c1-10(2)7-15(20)21-8-14(19)17-11-5-3-4-6-12(11)22-9-13(16)18/h3-7H,8-9H2,1-2H3,(H2,16,18)(H,17,19). The van der Waals surface area contributed by atoms with Crippen LogP contribution in [0.15, 0.2) is 40.8 Å². The van der Waals surface area contributed by atoms with Crippen LogP contribution < -0.4 is 11.1 Å². The number of nitrogens with one attached hydrogen (secondary N) is 1. The summed E-state index contributed by atoms with van der Waals surface area (Å²) in [6.07, 6.45) is 1.31. The van der Waals surface area contributed by atoms with Crippen molar-refractivity contribution in [3.8, 4) is 0 Å². The maximum Gasteiger partial charge on any atom is 0.331 e. The first-order chi connectivity index (χ1) is 10.4. The van der Waals surface area contributed by atoms with Crippen molar-refractivity contribution < 1.29 is 19.1 Å². The van der Waals surface area contributed by atoms with Gasteiger partial charge in [-0.2, -0.15) is 0 Å². The van der Waals surface area contributed by atoms with Crippen molar-refractivity contribution in [3.63, 3.8) is 0 Å². The maximum atomic E-state index is 11.8. The van der Waals surface area contributed by atoms with Crippen molar-refractivity contribution in [2.75, 3.05) is 17.7 Å². The SMILES string of the molecule is CC(C)=CC(=O)OCC(=O)Nc1ccccc1SCC(N)=O. The molecular weight excluding hydrogens is 304 g/mol. The maximum absolute atomic E-state index is 11.8. The van der Waals surface area contributed by atoms with E-state index in [0.717, 1.165) is 5.57 Å². The Balaban J connectivity index is 2.59. The minimum Gasteiger partial charge on any atom is -0.452 e. The number of esters is 1. The van der Waals surface area contributed by atoms with Crippen LogP contribution in [0.4, 0.5) is 5.69 Å². The van der Waals surface area contributed by atoms with Crippen LogP contribution in [-0.2, 0) is 19.1 Å². The molecule has 0 heterocycles. The van der Waals surface area contributed by atoms with Crippen LogP contribution in [0.3, 0.4) is 0 Å². The van der Waals surface area contributed by atoms with Crippen LogP contribution in [-0.4, -0.2) is 30.1 Å². The average molecular weight is 322 g/mol. The van der Waals surface area contributed by atoms with Gasteiger partial charge in [0, 0.05) is 11.0 Å². The van der Waals surface area contributed by atoms with E-state index in [9.17, 15) is 14.4 Å². The third kappa shape index (κ3) is 6.94. The summed E-state index contributed by atoms with van der Waals surface area (Å²) in [5, 5.41) is 2.63. The lowest BCUT2D eigenvalue weighted by Gasteiger charge is -2.10. The normalized spacial score (nSPS) is 9.73. The molecule has 0 radical (unpaired) electrons. The van der Waals surface area contributed by atoms with Crippen molar-refractivity contribution >= 4 is 35.2 Å². The first-order valence-corrected chi connectivity index (χ1v) is 7.48. The van der Waals surface area contributed by atoms with Crippen molar-refractivity contribution in [1.82, 2.24) is 0 Å². The lowest BCUT2D eigenvalue weighted by Crippen LogP contribution is -2.20. The second-order valence-corrected chi connectivity index (χ2v) is 5.65. The Hall–Kier alpha value is -2.28. The molecular formula is C15H18N2O4S. The van der Waals surface area contributed by atoms with Crippen molar-refractivity contribution in [3.05, 3.63) is 35.9 Å². The molecule has 7 heteroatoms. The monoisotopic (exact) mass is 322 g/mol. The van der Waals surface area contributed by atoms with E-state index < -0.39 is 17.8 Å². The Morgan fingerprint density at radius 1 is 1.27 bits per heavy atom. The number of carbonyl (C=O) groups is 3. The molecule has 0 atom stereocenters. The molecule has 0 aliphatic carbocycles. The number of carbonyl (C=O) groups excluding carboxylic acids is 3. The summed E-state index contributed by atoms with van der Waals surface area (Å²) in [5.41, 5.74) is 6.43. The molecule has 0 aromatic heterocycles. The van der Waals surface area contributed by atoms with Gasteiger partial charge in [-0.05, 0) is 26.0 Å². The minimum absolute atomic E-state index is 0.114. The number of amides is 2. The van der Waals surface area contributed by atoms with Gasteiger partial charge in [0.15, 0.2) is 6.61 Å². The molecule has 1 aromatic rings. The topological polar surface area (TPSA) is 98.5 Å². The van der Waals surface area contributed by atoms with Crippen LogP contribution >= 0.6 is 11.8 Å². The van der Waals surface area contributed by atoms with Gasteiger partial charge >= 0.3 is 5.97 Å². The smallest absolute Gasteiger partial charge is 0.331 e. The van der Waals surface area contributed by atoms with E-state index in [4.69, 9.17) is 10.5 Å². The van der Waals surface area contributed by atoms with Crippen molar-refractivity contribution in [2.24, 2.45) is 5.73 Å². The molecule has 118 valence electrons. The Labute approximate surface area is 133 Å². The Morgan fingerprint density at radius 2 is 1.95 bits per heavy atom. The predicted molar refractivity (Wildman–Crippen MR) is 85.4 cm³/mol. The van der Waals surface area contributed by atoms with E-state index in [1.54, 1.807) is 38.1 Å². The number of anilines is 1. The summed E-state index contributed by atoms with van der Waals surface area (Å²) in [7, 11) is 0. The van der Waals surface area contributed by atoms with Gasteiger partial charge in [-0.3, -0.25) is 9.59 Å². The molecule has 0 bridgehead atoms. The molecule has 22 heavy (non-hydrogen) atoms. The second kappa shape index (κ2) is 8.89. The van der Waals surface area contributed by atoms with E-state index in [0.29, 0.717) is 10.6 Å². The summed E-state index contributed by atoms with van der Waals surface area (Å²) in [5.74, 6) is -1.35. The van der Waals surface area contributed by atoms with Gasteiger partial charge in [0.25, 0.3) is 5.91 Å². The molecule has 0 saturated heterocycles. The van der Waals surface area contributed by atoms with Crippen molar-refractivity contribution in [1.29, 1.82) is 0 Å². The number of nitrogens with two attached hydrogens (primary N) is 1. The van der Waals surface area contributed by atoms with E-state index in [2.05, 4.69) is 5.32 Å². The molecule has 0 aliphatic heterocycles. The van der Waals surface area contributed by atoms with E-state index in [1.165, 1.54) is 17.8 Å². The van der Waals surface area contributed by atoms with Crippen LogP contribution in [0.1, 0.15) is 13.8 Å². The molecule has 1 rings (SSSR count). The quantitative estimate of drug-likeness (QED) is 0.452. The second-order valence-electron chi connectivity index (χ2n) is 4.63. The number of primary amides is 1. The van der Waals surface area contributed by atoms with Gasteiger partial charge in [-0.25, -0.2) is 4.79 Å². The van der Waals surface area contributed by atoms with Crippen LogP contribution in [0, 0.1) is 0 Å². The van der Waals surface area contributed by atoms with E-state index in [1.807, 2.05) is 0 Å². The van der Waals surface area contributed by atoms with Crippen molar-refractivity contribution in [2.45, 2.75) is 18.7 Å². The number of benzene rings is 1. The number of allylic oxidation sites excluding steroid dienone is 1. The van der Waals surface area contributed by atoms with Gasteiger partial charge in [0.05, 0.1) is 11.4 Å². The molecule has 1 aromatic carbocycles. The van der Waals surface area contributed by atoms with Gasteiger partial charge in [-0.1, -0.05) is 17.7 Å². The minimum atomic E-state index is -0.563. The summed E-state index contributed by atoms with van der Waals surface area (Å²) in [4.78, 5) is 34.6. The Bertz CT molecular complexity index is 595. The highest BCUT2D eigenvalue weighted by molar-refractivity contribution is 8.00. The highest BCUT2D eigenvalue weighted by Crippen LogP contribution is 2.26. The number of hydrogen-bond acceptors (Lipinski definition) is 5. The highest BCUT2D eigenvalue weighted by Gasteiger charge is 2.09. The Kier molecular flexibility index (Phi) is 7.18. The zero-order valence-corrected chi connectivity index (χ0v) is 13.2. The summed E-state index contributed by atoms with van der Waals surface area (Å²) in [6.45, 7) is 3.14. The first kappa shape index (κ1) is 17.8. The predicted octanol–water partition coefficient (Wildman–Crippen LogP) is 1.71. The molecule has 2 amide bonds. The Morgan fingerprint density at radius 3 is 2.59 bits per heavy atom. The number of thioether (sulfide) groups is 1. The first-order valence-electron chi connectivity index (χ1n) is 6.50. The summed E-state index contributed by atoms with van der Waals surface area (Å²) in [6, 6.07) is 6.99. The molecule has 0 unspecified atom stereocenters. The van der Waals surface area contributed by atoms with Gasteiger partial charge in [-0.15, -0.1) is 11.8 Å². The summed E-state index contributed by atoms with van der Waals surface area (Å²) >= 11 is 1.22. The lowest BCUT2D eigenvalue weighted by molar-refractivity contribution is -0.142. The lowest BCUT2D eigenvalue weighted by atomic mass is 10.3. The number of para-hydroxylation sites is 1. The van der Waals surface area contributed by atoms with E-state index >= 15 is 0 Å². The average Bonchev–Trinajstić information content (AvgIpc) is 2.43. The largest absolute Gasteiger partial charge is 0.452 e. The fourth-order valence-corrected chi connectivity index (χ4v) is 2.19. The fraction of sp³-hybridized carbons (Fsp3) is 0.267. The molecule has 0 aliphatic rings. The van der Waals surface area contributed by atoms with Gasteiger partial charge in [0.1, 0.15) is 0 Å². The molecule has 0 fully saturated rings. The molecule has 3 N–H and O–H groups in total. The molecule has 6 nitrogen and oxygen atoms in total. The zero-order chi connectivity index (χ0) is 16.5. The third-order valence-electron chi connectivity index (χ3n) is 2.28. The highest BCUT2D eigenvalue weighted by atomic mass is 32.2. The van der Waals surface area contributed by atoms with Crippen LogP contribution in [0.25, 0.3) is 0 Å². The van der Waals surface area contributed by atoms with Crippen LogP contribution in [0.5, 0.6) is 0 Å². The van der Waals surface area contributed by atoms with Gasteiger partial charge < -0.3 is 15.8 Å². The zero-order valence-electron chi connectivity index (χ0n) is 12.4. The van der Waals surface area contributed by atoms with E-state index in [-0.39, 0.29) is 12.4 Å².